The Hall–Kier alpha value is -3.42. The second kappa shape index (κ2) is 7.91. The molecule has 0 aliphatic rings. The Kier molecular flexibility index (Phi) is 5.67. The van der Waals surface area contributed by atoms with Gasteiger partial charge in [-0.1, -0.05) is 25.1 Å². The molecule has 0 saturated heterocycles. The minimum atomic E-state index is -0.754. The van der Waals surface area contributed by atoms with Crippen LogP contribution in [0, 0.1) is 10.1 Å². The Morgan fingerprint density at radius 2 is 1.92 bits per heavy atom. The van der Waals surface area contributed by atoms with Crippen molar-refractivity contribution in [1.29, 1.82) is 0 Å². The van der Waals surface area contributed by atoms with Crippen LogP contribution < -0.4 is 10.6 Å². The number of para-hydroxylation sites is 1. The van der Waals surface area contributed by atoms with Crippen molar-refractivity contribution in [3.05, 3.63) is 63.7 Å². The molecule has 8 heteroatoms. The summed E-state index contributed by atoms with van der Waals surface area (Å²) in [6.07, 6.45) is 0.755. The van der Waals surface area contributed by atoms with Crippen LogP contribution >= 0.6 is 0 Å². The quantitative estimate of drug-likeness (QED) is 0.548. The zero-order valence-electron chi connectivity index (χ0n) is 13.5. The molecule has 0 fully saturated rings. The van der Waals surface area contributed by atoms with Crippen LogP contribution in [0.3, 0.4) is 0 Å². The average Bonchev–Trinajstić information content (AvgIpc) is 2.59. The van der Waals surface area contributed by atoms with Gasteiger partial charge in [0.1, 0.15) is 0 Å². The summed E-state index contributed by atoms with van der Waals surface area (Å²) in [5, 5.41) is 25.3. The van der Waals surface area contributed by atoms with Crippen molar-refractivity contribution < 1.29 is 19.6 Å². The van der Waals surface area contributed by atoms with Gasteiger partial charge in [-0.15, -0.1) is 0 Å². The molecule has 8 nitrogen and oxygen atoms in total. The standard InChI is InChI=1S/C17H17N3O5/c1-2-11-5-3-4-6-13(11)19-16(22)10-18-17(23)12-7-8-14(20(24)25)15(21)9-12/h3-9,21H,2,10H2,1H3,(H,18,23)(H,19,22). The first-order valence-corrected chi connectivity index (χ1v) is 7.55. The molecular formula is C17H17N3O5. The number of phenolic OH excluding ortho intramolecular Hbond substituents is 1. The van der Waals surface area contributed by atoms with Gasteiger partial charge in [0.25, 0.3) is 5.91 Å². The van der Waals surface area contributed by atoms with Crippen molar-refractivity contribution in [2.75, 3.05) is 11.9 Å². The molecule has 0 aliphatic heterocycles. The first-order chi connectivity index (χ1) is 11.9. The molecular weight excluding hydrogens is 326 g/mol. The van der Waals surface area contributed by atoms with Gasteiger partial charge >= 0.3 is 5.69 Å². The van der Waals surface area contributed by atoms with Crippen LogP contribution in [0.1, 0.15) is 22.8 Å². The lowest BCUT2D eigenvalue weighted by atomic mass is 10.1. The van der Waals surface area contributed by atoms with Crippen LogP contribution in [-0.4, -0.2) is 28.4 Å². The van der Waals surface area contributed by atoms with Crippen LogP contribution in [0.15, 0.2) is 42.5 Å². The number of hydrogen-bond donors (Lipinski definition) is 3. The molecule has 2 aromatic rings. The molecule has 0 bridgehead atoms. The van der Waals surface area contributed by atoms with E-state index < -0.39 is 28.2 Å². The molecule has 2 amide bonds. The topological polar surface area (TPSA) is 122 Å². The molecule has 0 atom stereocenters. The second-order valence-corrected chi connectivity index (χ2v) is 5.20. The number of nitrogens with zero attached hydrogens (tertiary/aromatic N) is 1. The molecule has 0 spiro atoms. The minimum absolute atomic E-state index is 0.0184. The van der Waals surface area contributed by atoms with E-state index in [1.165, 1.54) is 6.07 Å². The molecule has 3 N–H and O–H groups in total. The number of anilines is 1. The number of aromatic hydroxyl groups is 1. The van der Waals surface area contributed by atoms with Crippen LogP contribution in [0.25, 0.3) is 0 Å². The zero-order valence-corrected chi connectivity index (χ0v) is 13.5. The van der Waals surface area contributed by atoms with Crippen molar-refractivity contribution in [2.45, 2.75) is 13.3 Å². The summed E-state index contributed by atoms with van der Waals surface area (Å²) in [6.45, 7) is 1.70. The van der Waals surface area contributed by atoms with Gasteiger partial charge in [0, 0.05) is 17.3 Å². The van der Waals surface area contributed by atoms with Crippen molar-refractivity contribution in [1.82, 2.24) is 5.32 Å². The van der Waals surface area contributed by atoms with E-state index in [9.17, 15) is 24.8 Å². The molecule has 2 aromatic carbocycles. The number of carbonyl (C=O) groups is 2. The van der Waals surface area contributed by atoms with E-state index in [1.54, 1.807) is 12.1 Å². The minimum Gasteiger partial charge on any atom is -0.502 e. The van der Waals surface area contributed by atoms with Crippen LogP contribution in [0.5, 0.6) is 5.75 Å². The summed E-state index contributed by atoms with van der Waals surface area (Å²) in [6, 6.07) is 10.6. The average molecular weight is 343 g/mol. The van der Waals surface area contributed by atoms with Crippen molar-refractivity contribution in [3.8, 4) is 5.75 Å². The zero-order chi connectivity index (χ0) is 18.4. The molecule has 2 rings (SSSR count). The highest BCUT2D eigenvalue weighted by Gasteiger charge is 2.16. The van der Waals surface area contributed by atoms with Gasteiger partial charge in [0.15, 0.2) is 5.75 Å². The number of rotatable bonds is 6. The van der Waals surface area contributed by atoms with Gasteiger partial charge in [0.05, 0.1) is 11.5 Å². The summed E-state index contributed by atoms with van der Waals surface area (Å²) in [5.41, 5.74) is 1.18. The largest absolute Gasteiger partial charge is 0.502 e. The monoisotopic (exact) mass is 343 g/mol. The molecule has 0 radical (unpaired) electrons. The first kappa shape index (κ1) is 17.9. The summed E-state index contributed by atoms with van der Waals surface area (Å²) in [5.74, 6) is -1.64. The fourth-order valence-electron chi connectivity index (χ4n) is 2.23. The Morgan fingerprint density at radius 3 is 2.56 bits per heavy atom. The van der Waals surface area contributed by atoms with E-state index in [4.69, 9.17) is 0 Å². The molecule has 0 aliphatic carbocycles. The fraction of sp³-hybridized carbons (Fsp3) is 0.176. The highest BCUT2D eigenvalue weighted by Crippen LogP contribution is 2.26. The third-order valence-electron chi connectivity index (χ3n) is 3.52. The number of carbonyl (C=O) groups excluding carboxylic acids is 2. The third kappa shape index (κ3) is 4.54. The van der Waals surface area contributed by atoms with Crippen molar-refractivity contribution >= 4 is 23.2 Å². The van der Waals surface area contributed by atoms with E-state index in [-0.39, 0.29) is 12.1 Å². The van der Waals surface area contributed by atoms with Crippen molar-refractivity contribution in [2.24, 2.45) is 0 Å². The highest BCUT2D eigenvalue weighted by molar-refractivity contribution is 6.00. The fourth-order valence-corrected chi connectivity index (χ4v) is 2.23. The Balaban J connectivity index is 1.96. The molecule has 25 heavy (non-hydrogen) atoms. The van der Waals surface area contributed by atoms with E-state index in [0.29, 0.717) is 5.69 Å². The summed E-state index contributed by atoms with van der Waals surface area (Å²) in [7, 11) is 0. The van der Waals surface area contributed by atoms with Crippen LogP contribution in [-0.2, 0) is 11.2 Å². The lowest BCUT2D eigenvalue weighted by molar-refractivity contribution is -0.385. The maximum atomic E-state index is 12.0. The summed E-state index contributed by atoms with van der Waals surface area (Å²) >= 11 is 0. The molecule has 0 saturated carbocycles. The SMILES string of the molecule is CCc1ccccc1NC(=O)CNC(=O)c1ccc([N+](=O)[O-])c(O)c1. The number of phenols is 1. The predicted molar refractivity (Wildman–Crippen MR) is 91.5 cm³/mol. The van der Waals surface area contributed by atoms with Gasteiger partial charge in [-0.2, -0.15) is 0 Å². The normalized spacial score (nSPS) is 10.1. The Labute approximate surface area is 143 Å². The number of benzene rings is 2. The van der Waals surface area contributed by atoms with Gasteiger partial charge in [-0.3, -0.25) is 19.7 Å². The maximum Gasteiger partial charge on any atom is 0.310 e. The summed E-state index contributed by atoms with van der Waals surface area (Å²) < 4.78 is 0. The molecule has 130 valence electrons. The van der Waals surface area contributed by atoms with Crippen LogP contribution in [0.2, 0.25) is 0 Å². The maximum absolute atomic E-state index is 12.0. The lowest BCUT2D eigenvalue weighted by Gasteiger charge is -2.10. The van der Waals surface area contributed by atoms with Gasteiger partial charge in [0.2, 0.25) is 5.91 Å². The molecule has 0 unspecified atom stereocenters. The number of nitro groups is 1. The highest BCUT2D eigenvalue weighted by atomic mass is 16.6. The number of amides is 2. The van der Waals surface area contributed by atoms with E-state index >= 15 is 0 Å². The van der Waals surface area contributed by atoms with E-state index in [1.807, 2.05) is 19.1 Å². The van der Waals surface area contributed by atoms with E-state index in [0.717, 1.165) is 24.1 Å². The summed E-state index contributed by atoms with van der Waals surface area (Å²) in [4.78, 5) is 33.8. The number of hydrogen-bond acceptors (Lipinski definition) is 5. The number of aryl methyl sites for hydroxylation is 1. The van der Waals surface area contributed by atoms with E-state index in [2.05, 4.69) is 10.6 Å². The van der Waals surface area contributed by atoms with Gasteiger partial charge < -0.3 is 15.7 Å². The number of nitro benzene ring substituents is 1. The van der Waals surface area contributed by atoms with Crippen LogP contribution in [0.4, 0.5) is 11.4 Å². The Bertz CT molecular complexity index is 820. The molecule has 0 aromatic heterocycles. The van der Waals surface area contributed by atoms with Crippen molar-refractivity contribution in [3.63, 3.8) is 0 Å². The van der Waals surface area contributed by atoms with Gasteiger partial charge in [-0.25, -0.2) is 0 Å². The lowest BCUT2D eigenvalue weighted by Crippen LogP contribution is -2.33. The predicted octanol–water partition coefficient (Wildman–Crippen LogP) is 2.23. The Morgan fingerprint density at radius 1 is 1.20 bits per heavy atom. The smallest absolute Gasteiger partial charge is 0.310 e. The van der Waals surface area contributed by atoms with Gasteiger partial charge in [-0.05, 0) is 30.2 Å². The molecule has 0 heterocycles. The second-order valence-electron chi connectivity index (χ2n) is 5.20. The number of nitrogens with one attached hydrogen (secondary N) is 2. The third-order valence-corrected chi connectivity index (χ3v) is 3.52. The first-order valence-electron chi connectivity index (χ1n) is 7.55.